The van der Waals surface area contributed by atoms with Gasteiger partial charge in [-0.2, -0.15) is 0 Å². The zero-order chi connectivity index (χ0) is 32.8. The second kappa shape index (κ2) is 10.7. The van der Waals surface area contributed by atoms with Crippen LogP contribution in [0, 0.1) is 0 Å². The number of fused-ring (bicyclic) bond motifs is 8. The number of rotatable bonds is 3. The van der Waals surface area contributed by atoms with Crippen LogP contribution in [0.5, 0.6) is 0 Å². The van der Waals surface area contributed by atoms with Gasteiger partial charge in [-0.1, -0.05) is 145 Å². The molecule has 1 nitrogen and oxygen atoms in total. The molecule has 0 unspecified atom stereocenters. The van der Waals surface area contributed by atoms with Gasteiger partial charge >= 0.3 is 0 Å². The summed E-state index contributed by atoms with van der Waals surface area (Å²) in [5.41, 5.74) is 11.2. The van der Waals surface area contributed by atoms with Crippen LogP contribution in [0.25, 0.3) is 93.2 Å². The van der Waals surface area contributed by atoms with Gasteiger partial charge in [-0.05, 0) is 103 Å². The summed E-state index contributed by atoms with van der Waals surface area (Å²) in [5.74, 6) is 0. The van der Waals surface area contributed by atoms with Crippen molar-refractivity contribution in [1.82, 2.24) is 4.57 Å². The number of benzene rings is 9. The molecule has 1 aromatic heterocycles. The van der Waals surface area contributed by atoms with Gasteiger partial charge in [0.15, 0.2) is 0 Å². The fourth-order valence-electron chi connectivity index (χ4n) is 8.33. The molecular weight excluding hydrogens is 623 g/mol. The maximum Gasteiger partial charge on any atom is 0.0547 e. The summed E-state index contributed by atoms with van der Waals surface area (Å²) in [6, 6.07) is 65.0. The van der Waals surface area contributed by atoms with E-state index in [4.69, 9.17) is 0 Å². The van der Waals surface area contributed by atoms with Gasteiger partial charge in [0.1, 0.15) is 0 Å². The van der Waals surface area contributed by atoms with Crippen molar-refractivity contribution in [3.05, 3.63) is 176 Å². The predicted molar refractivity (Wildman–Crippen MR) is 214 cm³/mol. The van der Waals surface area contributed by atoms with Crippen LogP contribution in [0.2, 0.25) is 0 Å². The first kappa shape index (κ1) is 27.8. The first-order chi connectivity index (χ1) is 24.8. The van der Waals surface area contributed by atoms with E-state index in [-0.39, 0.29) is 0 Å². The van der Waals surface area contributed by atoms with Gasteiger partial charge in [0.25, 0.3) is 0 Å². The molecule has 1 aliphatic rings. The largest absolute Gasteiger partial charge is 0.309 e. The highest BCUT2D eigenvalue weighted by atomic mass is 32.2. The summed E-state index contributed by atoms with van der Waals surface area (Å²) in [7, 11) is 0. The molecular formula is C48H29NS. The van der Waals surface area contributed by atoms with Crippen molar-refractivity contribution in [2.75, 3.05) is 0 Å². The van der Waals surface area contributed by atoms with Crippen LogP contribution in [0.15, 0.2) is 186 Å². The van der Waals surface area contributed by atoms with E-state index in [0.29, 0.717) is 0 Å². The van der Waals surface area contributed by atoms with Crippen LogP contribution < -0.4 is 0 Å². The first-order valence-corrected chi connectivity index (χ1v) is 18.0. The minimum absolute atomic E-state index is 1.16. The average molecular weight is 652 g/mol. The predicted octanol–water partition coefficient (Wildman–Crippen LogP) is 13.7. The number of hydrogen-bond acceptors (Lipinski definition) is 1. The molecule has 0 saturated carbocycles. The van der Waals surface area contributed by atoms with Gasteiger partial charge < -0.3 is 4.57 Å². The van der Waals surface area contributed by atoms with Crippen LogP contribution >= 0.6 is 11.8 Å². The van der Waals surface area contributed by atoms with Gasteiger partial charge in [-0.15, -0.1) is 0 Å². The standard InChI is InChI=1S/C48H29NS/c1-2-12-33-29-44-42(28-32(33)11-1)47-36-14-4-3-10-30(36)22-26-43(47)49(44)34-23-20-31(21-24-34)35-13-5-6-15-37(35)38-25-27-46-48-40(38)17-9-18-41(48)39-16-7-8-19-45(39)50-46/h1-29H. The zero-order valence-electron chi connectivity index (χ0n) is 27.1. The number of nitrogens with zero attached hydrogens (tertiary/aromatic N) is 1. The Kier molecular flexibility index (Phi) is 5.96. The summed E-state index contributed by atoms with van der Waals surface area (Å²) in [6.07, 6.45) is 0. The smallest absolute Gasteiger partial charge is 0.0547 e. The van der Waals surface area contributed by atoms with Crippen molar-refractivity contribution in [1.29, 1.82) is 0 Å². The van der Waals surface area contributed by atoms with Crippen LogP contribution in [0.1, 0.15) is 0 Å². The maximum atomic E-state index is 2.45. The molecule has 0 N–H and O–H groups in total. The Balaban J connectivity index is 1.09. The van der Waals surface area contributed by atoms with Crippen LogP contribution in [0.3, 0.4) is 0 Å². The topological polar surface area (TPSA) is 4.93 Å². The minimum atomic E-state index is 1.16. The molecule has 1 aliphatic heterocycles. The van der Waals surface area contributed by atoms with E-state index in [0.717, 1.165) is 5.69 Å². The van der Waals surface area contributed by atoms with E-state index in [1.807, 2.05) is 11.8 Å². The van der Waals surface area contributed by atoms with Gasteiger partial charge in [0.2, 0.25) is 0 Å². The molecule has 0 saturated heterocycles. The van der Waals surface area contributed by atoms with E-state index in [9.17, 15) is 0 Å². The number of aromatic nitrogens is 1. The quantitative estimate of drug-likeness (QED) is 0.184. The van der Waals surface area contributed by atoms with E-state index < -0.39 is 0 Å². The molecule has 11 rings (SSSR count). The van der Waals surface area contributed by atoms with Crippen molar-refractivity contribution >= 4 is 65.9 Å². The lowest BCUT2D eigenvalue weighted by molar-refractivity contribution is 1.18. The highest BCUT2D eigenvalue weighted by molar-refractivity contribution is 7.99. The molecule has 0 radical (unpaired) electrons. The molecule has 2 heterocycles. The van der Waals surface area contributed by atoms with E-state index in [1.165, 1.54) is 97.3 Å². The van der Waals surface area contributed by atoms with Crippen molar-refractivity contribution in [3.63, 3.8) is 0 Å². The molecule has 0 spiro atoms. The molecule has 2 heteroatoms. The normalized spacial score (nSPS) is 12.3. The molecule has 0 bridgehead atoms. The van der Waals surface area contributed by atoms with Gasteiger partial charge in [0, 0.05) is 31.6 Å². The Hall–Kier alpha value is -6.09. The highest BCUT2D eigenvalue weighted by Gasteiger charge is 2.22. The second-order valence-electron chi connectivity index (χ2n) is 13.3. The lowest BCUT2D eigenvalue weighted by atomic mass is 9.89. The second-order valence-corrected chi connectivity index (χ2v) is 14.3. The zero-order valence-corrected chi connectivity index (χ0v) is 27.9. The fraction of sp³-hybridized carbons (Fsp3) is 0. The van der Waals surface area contributed by atoms with Gasteiger partial charge in [0.05, 0.1) is 11.0 Å². The Bertz CT molecular complexity index is 3000. The fourth-order valence-corrected chi connectivity index (χ4v) is 9.46. The van der Waals surface area contributed by atoms with Crippen molar-refractivity contribution in [2.24, 2.45) is 0 Å². The van der Waals surface area contributed by atoms with Crippen LogP contribution in [0.4, 0.5) is 0 Å². The average Bonchev–Trinajstić information content (AvgIpc) is 3.51. The Morgan fingerprint density at radius 3 is 1.88 bits per heavy atom. The lowest BCUT2D eigenvalue weighted by Crippen LogP contribution is -1.95. The summed E-state index contributed by atoms with van der Waals surface area (Å²) in [4.78, 5) is 2.65. The monoisotopic (exact) mass is 651 g/mol. The van der Waals surface area contributed by atoms with E-state index in [2.05, 4.69) is 180 Å². The first-order valence-electron chi connectivity index (χ1n) is 17.2. The lowest BCUT2D eigenvalue weighted by Gasteiger charge is -2.22. The molecule has 9 aromatic carbocycles. The van der Waals surface area contributed by atoms with Gasteiger partial charge in [-0.3, -0.25) is 0 Å². The summed E-state index contributed by atoms with van der Waals surface area (Å²) in [5, 5.41) is 10.3. The molecule has 232 valence electrons. The molecule has 0 atom stereocenters. The van der Waals surface area contributed by atoms with Crippen LogP contribution in [-0.2, 0) is 0 Å². The van der Waals surface area contributed by atoms with E-state index >= 15 is 0 Å². The molecule has 0 aliphatic carbocycles. The third-order valence-electron chi connectivity index (χ3n) is 10.6. The van der Waals surface area contributed by atoms with Crippen molar-refractivity contribution < 1.29 is 0 Å². The Labute approximate surface area is 294 Å². The summed E-state index contributed by atoms with van der Waals surface area (Å²) < 4.78 is 2.45. The third-order valence-corrected chi connectivity index (χ3v) is 11.7. The van der Waals surface area contributed by atoms with Crippen molar-refractivity contribution in [2.45, 2.75) is 9.79 Å². The highest BCUT2D eigenvalue weighted by Crippen LogP contribution is 2.50. The van der Waals surface area contributed by atoms with Gasteiger partial charge in [-0.25, -0.2) is 0 Å². The van der Waals surface area contributed by atoms with Crippen LogP contribution in [-0.4, -0.2) is 4.57 Å². The maximum absolute atomic E-state index is 2.45. The minimum Gasteiger partial charge on any atom is -0.309 e. The molecule has 0 amide bonds. The molecule has 0 fully saturated rings. The van der Waals surface area contributed by atoms with Crippen molar-refractivity contribution in [3.8, 4) is 39.1 Å². The summed E-state index contributed by atoms with van der Waals surface area (Å²) in [6.45, 7) is 0. The Morgan fingerprint density at radius 1 is 0.340 bits per heavy atom. The molecule has 50 heavy (non-hydrogen) atoms. The third kappa shape index (κ3) is 4.03. The summed E-state index contributed by atoms with van der Waals surface area (Å²) >= 11 is 1.88. The number of hydrogen-bond donors (Lipinski definition) is 0. The molecule has 10 aromatic rings. The SMILES string of the molecule is c1ccc2c(c1)Sc1ccc(-c3ccccc3-c3ccc(-n4c5cc6ccccc6cc5c5c6ccccc6ccc54)cc3)c3cccc-2c13. The van der Waals surface area contributed by atoms with E-state index in [1.54, 1.807) is 0 Å². The Morgan fingerprint density at radius 2 is 1.02 bits per heavy atom.